The molecule has 7 nitrogen and oxygen atoms in total. The summed E-state index contributed by atoms with van der Waals surface area (Å²) in [6.07, 6.45) is 0. The number of hydrogen-bond acceptors (Lipinski definition) is 4. The summed E-state index contributed by atoms with van der Waals surface area (Å²) in [4.78, 5) is 27.6. The fraction of sp³-hybridized carbons (Fsp3) is 0.231. The van der Waals surface area contributed by atoms with Gasteiger partial charge in [-0.05, 0) is 55.8 Å². The first-order chi connectivity index (χ1) is 17.5. The maximum Gasteiger partial charge on any atom is 0.264 e. The maximum absolute atomic E-state index is 13.8. The summed E-state index contributed by atoms with van der Waals surface area (Å²) < 4.78 is 28.4. The molecule has 0 saturated carbocycles. The molecule has 3 aromatic rings. The van der Waals surface area contributed by atoms with Crippen molar-refractivity contribution in [2.45, 2.75) is 31.3 Å². The lowest BCUT2D eigenvalue weighted by Crippen LogP contribution is -2.50. The highest BCUT2D eigenvalue weighted by Gasteiger charge is 2.33. The molecule has 3 rings (SSSR count). The van der Waals surface area contributed by atoms with Gasteiger partial charge in [-0.1, -0.05) is 65.1 Å². The van der Waals surface area contributed by atoms with Gasteiger partial charge in [-0.15, -0.1) is 0 Å². The molecule has 37 heavy (non-hydrogen) atoms. The summed E-state index contributed by atoms with van der Waals surface area (Å²) >= 11 is 19.0. The van der Waals surface area contributed by atoms with Crippen LogP contribution in [0.1, 0.15) is 18.1 Å². The van der Waals surface area contributed by atoms with Gasteiger partial charge in [-0.3, -0.25) is 13.9 Å². The number of anilines is 1. The van der Waals surface area contributed by atoms with Gasteiger partial charge in [0.15, 0.2) is 0 Å². The fourth-order valence-corrected chi connectivity index (χ4v) is 5.75. The van der Waals surface area contributed by atoms with Crippen molar-refractivity contribution < 1.29 is 18.0 Å². The molecule has 0 fully saturated rings. The second-order valence-electron chi connectivity index (χ2n) is 8.27. The Morgan fingerprint density at radius 3 is 2.11 bits per heavy atom. The van der Waals surface area contributed by atoms with E-state index < -0.39 is 34.4 Å². The highest BCUT2D eigenvalue weighted by Crippen LogP contribution is 2.30. The molecule has 0 bridgehead atoms. The van der Waals surface area contributed by atoms with Crippen LogP contribution in [0.5, 0.6) is 0 Å². The average molecular weight is 583 g/mol. The number of halogens is 3. The SMILES string of the molecule is CNC(=O)[C@@H](C)N(Cc1c(Cl)cccc1Cl)C(=O)CN(c1ccc(C)c(Cl)c1)S(=O)(=O)c1ccccc1. The second-order valence-corrected chi connectivity index (χ2v) is 11.4. The molecule has 0 heterocycles. The predicted molar refractivity (Wildman–Crippen MR) is 148 cm³/mol. The minimum atomic E-state index is -4.18. The number of sulfonamides is 1. The van der Waals surface area contributed by atoms with Crippen molar-refractivity contribution in [2.75, 3.05) is 17.9 Å². The summed E-state index contributed by atoms with van der Waals surface area (Å²) in [5, 5.41) is 3.49. The van der Waals surface area contributed by atoms with Gasteiger partial charge in [-0.2, -0.15) is 0 Å². The molecular formula is C26H26Cl3N3O4S. The van der Waals surface area contributed by atoms with Gasteiger partial charge in [0.25, 0.3) is 10.0 Å². The van der Waals surface area contributed by atoms with Crippen LogP contribution in [0.15, 0.2) is 71.6 Å². The molecule has 3 aromatic carbocycles. The molecule has 0 aliphatic carbocycles. The van der Waals surface area contributed by atoms with E-state index in [1.807, 2.05) is 0 Å². The van der Waals surface area contributed by atoms with Crippen molar-refractivity contribution in [1.29, 1.82) is 0 Å². The maximum atomic E-state index is 13.8. The first kappa shape index (κ1) is 28.8. The quantitative estimate of drug-likeness (QED) is 0.370. The molecule has 0 saturated heterocycles. The van der Waals surface area contributed by atoms with Gasteiger partial charge >= 0.3 is 0 Å². The predicted octanol–water partition coefficient (Wildman–Crippen LogP) is 5.31. The molecule has 1 atom stereocenters. The van der Waals surface area contributed by atoms with Crippen LogP contribution in [0.25, 0.3) is 0 Å². The summed E-state index contributed by atoms with van der Waals surface area (Å²) in [5.41, 5.74) is 1.39. The third-order valence-electron chi connectivity index (χ3n) is 5.86. The standard InChI is InChI=1S/C26H26Cl3N3O4S/c1-17-12-13-19(14-24(17)29)32(37(35,36)20-8-5-4-6-9-20)16-25(33)31(18(2)26(34)30-3)15-21-22(27)10-7-11-23(21)28/h4-14,18H,15-16H2,1-3H3,(H,30,34)/t18-/m1/s1. The first-order valence-electron chi connectivity index (χ1n) is 11.2. The highest BCUT2D eigenvalue weighted by atomic mass is 35.5. The van der Waals surface area contributed by atoms with E-state index in [-0.39, 0.29) is 17.1 Å². The molecule has 0 spiro atoms. The number of rotatable bonds is 9. The summed E-state index contributed by atoms with van der Waals surface area (Å²) in [6.45, 7) is 2.62. The van der Waals surface area contributed by atoms with Crippen LogP contribution in [0.4, 0.5) is 5.69 Å². The van der Waals surface area contributed by atoms with E-state index in [0.29, 0.717) is 20.6 Å². The van der Waals surface area contributed by atoms with Gasteiger partial charge in [0, 0.05) is 34.2 Å². The lowest BCUT2D eigenvalue weighted by Gasteiger charge is -2.32. The minimum Gasteiger partial charge on any atom is -0.357 e. The Hall–Kier alpha value is -2.78. The van der Waals surface area contributed by atoms with E-state index in [4.69, 9.17) is 34.8 Å². The van der Waals surface area contributed by atoms with Crippen molar-refractivity contribution in [3.8, 4) is 0 Å². The Morgan fingerprint density at radius 2 is 1.54 bits per heavy atom. The normalized spacial score (nSPS) is 12.1. The van der Waals surface area contributed by atoms with Crippen molar-refractivity contribution >= 4 is 62.3 Å². The van der Waals surface area contributed by atoms with E-state index in [1.165, 1.54) is 30.1 Å². The number of carbonyl (C=O) groups excluding carboxylic acids is 2. The van der Waals surface area contributed by atoms with Crippen LogP contribution in [0.2, 0.25) is 15.1 Å². The third-order valence-corrected chi connectivity index (χ3v) is 8.76. The van der Waals surface area contributed by atoms with Crippen molar-refractivity contribution in [1.82, 2.24) is 10.2 Å². The van der Waals surface area contributed by atoms with Gasteiger partial charge < -0.3 is 10.2 Å². The smallest absolute Gasteiger partial charge is 0.264 e. The molecular weight excluding hydrogens is 557 g/mol. The molecule has 196 valence electrons. The Balaban J connectivity index is 2.08. The Morgan fingerprint density at radius 1 is 0.919 bits per heavy atom. The van der Waals surface area contributed by atoms with Crippen LogP contribution in [0.3, 0.4) is 0 Å². The molecule has 0 aromatic heterocycles. The number of aryl methyl sites for hydroxylation is 1. The number of benzene rings is 3. The van der Waals surface area contributed by atoms with Gasteiger partial charge in [0.1, 0.15) is 12.6 Å². The first-order valence-corrected chi connectivity index (χ1v) is 13.8. The molecule has 0 unspecified atom stereocenters. The van der Waals surface area contributed by atoms with Crippen molar-refractivity contribution in [3.05, 3.63) is 92.9 Å². The van der Waals surface area contributed by atoms with E-state index in [9.17, 15) is 18.0 Å². The fourth-order valence-electron chi connectivity index (χ4n) is 3.63. The van der Waals surface area contributed by atoms with Crippen LogP contribution in [-0.4, -0.2) is 44.8 Å². The van der Waals surface area contributed by atoms with E-state index in [0.717, 1.165) is 9.87 Å². The van der Waals surface area contributed by atoms with Crippen LogP contribution < -0.4 is 9.62 Å². The number of nitrogens with one attached hydrogen (secondary N) is 1. The molecule has 2 amide bonds. The van der Waals surface area contributed by atoms with E-state index in [2.05, 4.69) is 5.32 Å². The molecule has 11 heteroatoms. The monoisotopic (exact) mass is 581 g/mol. The zero-order valence-corrected chi connectivity index (χ0v) is 23.5. The largest absolute Gasteiger partial charge is 0.357 e. The number of amides is 2. The third kappa shape index (κ3) is 6.57. The lowest BCUT2D eigenvalue weighted by atomic mass is 10.1. The number of nitrogens with zero attached hydrogens (tertiary/aromatic N) is 2. The number of likely N-dealkylation sites (N-methyl/N-ethyl adjacent to an activating group) is 1. The Bertz CT molecular complexity index is 1380. The Kier molecular flexibility index (Phi) is 9.47. The van der Waals surface area contributed by atoms with Crippen molar-refractivity contribution in [3.63, 3.8) is 0 Å². The summed E-state index contributed by atoms with van der Waals surface area (Å²) in [6, 6.07) is 16.4. The molecule has 0 radical (unpaired) electrons. The van der Waals surface area contributed by atoms with Gasteiger partial charge in [0.05, 0.1) is 10.6 Å². The zero-order chi connectivity index (χ0) is 27.3. The Labute approximate surface area is 232 Å². The van der Waals surface area contributed by atoms with Crippen LogP contribution in [0, 0.1) is 6.92 Å². The summed E-state index contributed by atoms with van der Waals surface area (Å²) in [7, 11) is -2.73. The average Bonchev–Trinajstić information content (AvgIpc) is 2.88. The highest BCUT2D eigenvalue weighted by molar-refractivity contribution is 7.92. The molecule has 0 aliphatic heterocycles. The summed E-state index contributed by atoms with van der Waals surface area (Å²) in [5.74, 6) is -1.07. The zero-order valence-electron chi connectivity index (χ0n) is 20.4. The number of hydrogen-bond donors (Lipinski definition) is 1. The van der Waals surface area contributed by atoms with E-state index >= 15 is 0 Å². The second kappa shape index (κ2) is 12.2. The van der Waals surface area contributed by atoms with Crippen LogP contribution >= 0.6 is 34.8 Å². The topological polar surface area (TPSA) is 86.8 Å². The molecule has 0 aliphatic rings. The van der Waals surface area contributed by atoms with Crippen LogP contribution in [-0.2, 0) is 26.2 Å². The minimum absolute atomic E-state index is 0.000421. The van der Waals surface area contributed by atoms with Gasteiger partial charge in [-0.25, -0.2) is 8.42 Å². The van der Waals surface area contributed by atoms with Gasteiger partial charge in [0.2, 0.25) is 11.8 Å². The molecule has 1 N–H and O–H groups in total. The van der Waals surface area contributed by atoms with Crippen molar-refractivity contribution in [2.24, 2.45) is 0 Å². The number of carbonyl (C=O) groups is 2. The lowest BCUT2D eigenvalue weighted by molar-refractivity contribution is -0.139. The van der Waals surface area contributed by atoms with E-state index in [1.54, 1.807) is 62.4 Å².